The van der Waals surface area contributed by atoms with Crippen LogP contribution in [-0.2, 0) is 4.74 Å². The summed E-state index contributed by atoms with van der Waals surface area (Å²) in [5, 5.41) is 3.50. The highest BCUT2D eigenvalue weighted by atomic mass is 19.1. The summed E-state index contributed by atoms with van der Waals surface area (Å²) in [5.74, 6) is -1.27. The van der Waals surface area contributed by atoms with Gasteiger partial charge in [-0.05, 0) is 30.2 Å². The fraction of sp³-hybridized carbons (Fsp3) is 0.308. The van der Waals surface area contributed by atoms with Crippen molar-refractivity contribution in [3.05, 3.63) is 54.0 Å². The Kier molecular flexibility index (Phi) is 5.88. The molecule has 37 heavy (non-hydrogen) atoms. The number of methoxy groups -OCH3 is 1. The minimum atomic E-state index is -0.793. The van der Waals surface area contributed by atoms with Crippen molar-refractivity contribution in [2.75, 3.05) is 44.0 Å². The highest BCUT2D eigenvalue weighted by Crippen LogP contribution is 2.43. The number of piperidine rings is 1. The van der Waals surface area contributed by atoms with E-state index in [0.29, 0.717) is 47.8 Å². The fourth-order valence-corrected chi connectivity index (χ4v) is 5.26. The Labute approximate surface area is 210 Å². The average molecular weight is 511 g/mol. The molecule has 2 fully saturated rings. The molecule has 2 unspecified atom stereocenters. The van der Waals surface area contributed by atoms with Crippen LogP contribution in [0, 0.1) is 17.5 Å². The topological polar surface area (TPSA) is 101 Å². The van der Waals surface area contributed by atoms with Crippen molar-refractivity contribution < 1.29 is 22.6 Å². The third kappa shape index (κ3) is 4.23. The Morgan fingerprint density at radius 3 is 2.81 bits per heavy atom. The van der Waals surface area contributed by atoms with E-state index >= 15 is 0 Å². The van der Waals surface area contributed by atoms with E-state index in [1.807, 2.05) is 0 Å². The van der Waals surface area contributed by atoms with E-state index in [4.69, 9.17) is 15.2 Å². The number of hydrogen-bond donors (Lipinski definition) is 3. The Morgan fingerprint density at radius 1 is 1.14 bits per heavy atom. The second-order valence-electron chi connectivity index (χ2n) is 9.23. The molecule has 2 aliphatic heterocycles. The van der Waals surface area contributed by atoms with Gasteiger partial charge in [-0.15, -0.1) is 0 Å². The Hall–Kier alpha value is -3.83. The number of H-pyrrole nitrogens is 1. The number of aromatic amines is 1. The van der Waals surface area contributed by atoms with Crippen LogP contribution in [0.25, 0.3) is 33.5 Å². The summed E-state index contributed by atoms with van der Waals surface area (Å²) in [6, 6.07) is 6.56. The quantitative estimate of drug-likeness (QED) is 0.383. The summed E-state index contributed by atoms with van der Waals surface area (Å²) in [4.78, 5) is 13.9. The lowest BCUT2D eigenvalue weighted by Crippen LogP contribution is -2.58. The van der Waals surface area contributed by atoms with Crippen LogP contribution in [0.3, 0.4) is 0 Å². The molecule has 2 aliphatic rings. The predicted octanol–water partition coefficient (Wildman–Crippen LogP) is 3.87. The van der Waals surface area contributed by atoms with Crippen LogP contribution in [0.15, 0.2) is 36.5 Å². The van der Waals surface area contributed by atoms with Gasteiger partial charge in [-0.3, -0.25) is 0 Å². The van der Waals surface area contributed by atoms with E-state index in [-0.39, 0.29) is 34.8 Å². The second-order valence-corrected chi connectivity index (χ2v) is 9.23. The lowest BCUT2D eigenvalue weighted by atomic mass is 9.95. The molecule has 4 heterocycles. The maximum absolute atomic E-state index is 14.6. The maximum Gasteiger partial charge on any atom is 0.153 e. The number of rotatable bonds is 4. The summed E-state index contributed by atoms with van der Waals surface area (Å²) >= 11 is 0. The molecule has 0 radical (unpaired) electrons. The number of ether oxygens (including phenoxy) is 2. The van der Waals surface area contributed by atoms with Gasteiger partial charge < -0.3 is 30.4 Å². The number of morpholine rings is 1. The molecule has 4 N–H and O–H groups in total. The Bertz CT molecular complexity index is 1490. The number of nitrogens with zero attached hydrogens (tertiary/aromatic N) is 3. The number of imidazole rings is 1. The van der Waals surface area contributed by atoms with Crippen LogP contribution in [0.5, 0.6) is 5.75 Å². The van der Waals surface area contributed by atoms with Gasteiger partial charge in [0, 0.05) is 49.6 Å². The number of halogens is 3. The van der Waals surface area contributed by atoms with Crippen LogP contribution in [0.2, 0.25) is 0 Å². The highest BCUT2D eigenvalue weighted by Gasteiger charge is 2.35. The third-order valence-corrected chi connectivity index (χ3v) is 6.96. The van der Waals surface area contributed by atoms with Gasteiger partial charge >= 0.3 is 0 Å². The summed E-state index contributed by atoms with van der Waals surface area (Å²) in [5.41, 5.74) is 8.76. The number of nitrogen functional groups attached to an aromatic ring is 1. The molecule has 2 saturated heterocycles. The predicted molar refractivity (Wildman–Crippen MR) is 134 cm³/mol. The number of pyridine rings is 1. The van der Waals surface area contributed by atoms with Crippen LogP contribution in [0.4, 0.5) is 24.7 Å². The van der Waals surface area contributed by atoms with E-state index in [1.165, 1.54) is 25.3 Å². The van der Waals surface area contributed by atoms with Gasteiger partial charge in [0.2, 0.25) is 0 Å². The van der Waals surface area contributed by atoms with Gasteiger partial charge in [-0.1, -0.05) is 0 Å². The first-order chi connectivity index (χ1) is 17.9. The van der Waals surface area contributed by atoms with Crippen molar-refractivity contribution in [2.24, 2.45) is 0 Å². The number of fused-ring (bicyclic) bond motifs is 2. The smallest absolute Gasteiger partial charge is 0.153 e. The fourth-order valence-electron chi connectivity index (χ4n) is 5.26. The molecule has 2 aromatic carbocycles. The van der Waals surface area contributed by atoms with Gasteiger partial charge in [0.15, 0.2) is 5.82 Å². The molecule has 8 nitrogen and oxygen atoms in total. The molecule has 2 atom stereocenters. The van der Waals surface area contributed by atoms with Crippen LogP contribution >= 0.6 is 0 Å². The second kappa shape index (κ2) is 9.24. The van der Waals surface area contributed by atoms with Gasteiger partial charge in [0.1, 0.15) is 34.5 Å². The molecule has 0 bridgehead atoms. The Balaban J connectivity index is 1.57. The first-order valence-corrected chi connectivity index (χ1v) is 12.0. The molecule has 192 valence electrons. The van der Waals surface area contributed by atoms with E-state index < -0.39 is 17.5 Å². The number of anilines is 2. The van der Waals surface area contributed by atoms with E-state index in [0.717, 1.165) is 19.0 Å². The zero-order chi connectivity index (χ0) is 25.7. The molecule has 0 aliphatic carbocycles. The lowest BCUT2D eigenvalue weighted by Gasteiger charge is -2.43. The molecule has 0 saturated carbocycles. The van der Waals surface area contributed by atoms with Crippen LogP contribution in [-0.4, -0.2) is 60.4 Å². The number of nitrogens with one attached hydrogen (secondary N) is 2. The number of nitrogens with two attached hydrogens (primary N) is 1. The highest BCUT2D eigenvalue weighted by molar-refractivity contribution is 5.95. The first-order valence-electron chi connectivity index (χ1n) is 12.0. The Morgan fingerprint density at radius 2 is 1.97 bits per heavy atom. The minimum Gasteiger partial charge on any atom is -0.497 e. The number of aromatic nitrogens is 3. The zero-order valence-electron chi connectivity index (χ0n) is 20.0. The molecule has 0 spiro atoms. The SMILES string of the molecule is COc1cc(F)cc(-c2cnc(N)c(-c3nc4c(F)cc(F)cc4[nH]3)c2N2CCC3NCCOC3C2)c1. The van der Waals surface area contributed by atoms with Gasteiger partial charge in [0.05, 0.1) is 36.6 Å². The van der Waals surface area contributed by atoms with E-state index in [2.05, 4.69) is 25.2 Å². The molecule has 2 aromatic heterocycles. The minimum absolute atomic E-state index is 0.0156. The van der Waals surface area contributed by atoms with Crippen LogP contribution < -0.4 is 20.7 Å². The van der Waals surface area contributed by atoms with Crippen molar-refractivity contribution in [3.8, 4) is 28.3 Å². The third-order valence-electron chi connectivity index (χ3n) is 6.96. The number of benzene rings is 2. The summed E-state index contributed by atoms with van der Waals surface area (Å²) in [7, 11) is 1.46. The summed E-state index contributed by atoms with van der Waals surface area (Å²) < 4.78 is 54.3. The standard InChI is InChI=1S/C26H25F3N6O2/c1-36-16-7-13(6-14(27)8-16)17-11-32-25(30)22(26-33-20-10-15(28)9-18(29)23(20)34-26)24(17)35-4-2-19-21(12-35)37-5-3-31-19/h6-11,19,21,31H,2-5,12H2,1H3,(H2,30,32)(H,33,34). The largest absolute Gasteiger partial charge is 0.497 e. The van der Waals surface area contributed by atoms with Crippen LogP contribution in [0.1, 0.15) is 6.42 Å². The maximum atomic E-state index is 14.6. The van der Waals surface area contributed by atoms with Gasteiger partial charge in [0.25, 0.3) is 0 Å². The summed E-state index contributed by atoms with van der Waals surface area (Å²) in [6.45, 7) is 2.58. The molecule has 11 heteroatoms. The lowest BCUT2D eigenvalue weighted by molar-refractivity contribution is -0.00899. The first kappa shape index (κ1) is 23.6. The van der Waals surface area contributed by atoms with Crippen molar-refractivity contribution in [3.63, 3.8) is 0 Å². The van der Waals surface area contributed by atoms with Crippen molar-refractivity contribution in [1.29, 1.82) is 0 Å². The molecule has 4 aromatic rings. The normalized spacial score (nSPS) is 19.7. The monoisotopic (exact) mass is 510 g/mol. The summed E-state index contributed by atoms with van der Waals surface area (Å²) in [6.07, 6.45) is 2.32. The zero-order valence-corrected chi connectivity index (χ0v) is 20.0. The molecular formula is C26H25F3N6O2. The van der Waals surface area contributed by atoms with Crippen molar-refractivity contribution >= 4 is 22.5 Å². The average Bonchev–Trinajstić information content (AvgIpc) is 3.31. The van der Waals surface area contributed by atoms with Gasteiger partial charge in [-0.2, -0.15) is 0 Å². The van der Waals surface area contributed by atoms with Crippen molar-refractivity contribution in [2.45, 2.75) is 18.6 Å². The molecule has 6 rings (SSSR count). The van der Waals surface area contributed by atoms with Gasteiger partial charge in [-0.25, -0.2) is 23.1 Å². The number of hydrogen-bond acceptors (Lipinski definition) is 7. The van der Waals surface area contributed by atoms with E-state index in [1.54, 1.807) is 12.3 Å². The molecular weight excluding hydrogens is 485 g/mol. The van der Waals surface area contributed by atoms with E-state index in [9.17, 15) is 13.2 Å². The molecule has 0 amide bonds. The van der Waals surface area contributed by atoms with Crippen molar-refractivity contribution in [1.82, 2.24) is 20.3 Å².